The summed E-state index contributed by atoms with van der Waals surface area (Å²) in [6, 6.07) is 13.8. The molecule has 2 nitrogen and oxygen atoms in total. The zero-order chi connectivity index (χ0) is 15.5. The number of anilines is 1. The largest absolute Gasteiger partial charge is 0.364 e. The minimum absolute atomic E-state index is 0.334. The van der Waals surface area contributed by atoms with Crippen molar-refractivity contribution in [3.05, 3.63) is 63.3 Å². The predicted octanol–water partition coefficient (Wildman–Crippen LogP) is 5.48. The molecule has 1 unspecified atom stereocenters. The Morgan fingerprint density at radius 3 is 2.62 bits per heavy atom. The number of rotatable bonds is 4. The van der Waals surface area contributed by atoms with Gasteiger partial charge in [0.2, 0.25) is 0 Å². The number of benzene rings is 2. The molecule has 2 rings (SSSR count). The van der Waals surface area contributed by atoms with E-state index >= 15 is 0 Å². The molecular formula is C16H13BrClFN2. The second-order valence-electron chi connectivity index (χ2n) is 4.60. The van der Waals surface area contributed by atoms with E-state index in [2.05, 4.69) is 27.3 Å². The lowest BCUT2D eigenvalue weighted by Gasteiger charge is -2.28. The number of halogens is 3. The van der Waals surface area contributed by atoms with Crippen LogP contribution < -0.4 is 5.32 Å². The molecule has 108 valence electrons. The number of nitriles is 1. The van der Waals surface area contributed by atoms with Crippen molar-refractivity contribution in [1.29, 1.82) is 5.26 Å². The van der Waals surface area contributed by atoms with Crippen LogP contribution in [0.2, 0.25) is 5.02 Å². The molecule has 1 N–H and O–H groups in total. The Bertz CT molecular complexity index is 699. The number of nitrogens with zero attached hydrogens (tertiary/aromatic N) is 1. The van der Waals surface area contributed by atoms with Gasteiger partial charge in [-0.3, -0.25) is 0 Å². The van der Waals surface area contributed by atoms with Crippen molar-refractivity contribution in [3.63, 3.8) is 0 Å². The van der Waals surface area contributed by atoms with Gasteiger partial charge < -0.3 is 5.32 Å². The molecule has 0 fully saturated rings. The Balaban J connectivity index is 2.46. The Morgan fingerprint density at radius 2 is 2.05 bits per heavy atom. The lowest BCUT2D eigenvalue weighted by molar-refractivity contribution is 0.535. The topological polar surface area (TPSA) is 35.8 Å². The van der Waals surface area contributed by atoms with Crippen molar-refractivity contribution in [2.24, 2.45) is 0 Å². The van der Waals surface area contributed by atoms with E-state index < -0.39 is 11.4 Å². The molecule has 0 amide bonds. The highest BCUT2D eigenvalue weighted by molar-refractivity contribution is 9.10. The van der Waals surface area contributed by atoms with Crippen LogP contribution in [0.5, 0.6) is 0 Å². The van der Waals surface area contributed by atoms with Gasteiger partial charge >= 0.3 is 0 Å². The molecule has 0 saturated heterocycles. The average molecular weight is 368 g/mol. The van der Waals surface area contributed by atoms with Crippen molar-refractivity contribution in [3.8, 4) is 6.07 Å². The zero-order valence-electron chi connectivity index (χ0n) is 11.3. The van der Waals surface area contributed by atoms with E-state index in [-0.39, 0.29) is 0 Å². The van der Waals surface area contributed by atoms with Gasteiger partial charge in [-0.15, -0.1) is 0 Å². The van der Waals surface area contributed by atoms with Crippen molar-refractivity contribution >= 4 is 33.2 Å². The third-order valence-electron chi connectivity index (χ3n) is 3.33. The van der Waals surface area contributed by atoms with Crippen LogP contribution in [0.25, 0.3) is 0 Å². The molecule has 0 bridgehead atoms. The normalized spacial score (nSPS) is 13.3. The Labute approximate surface area is 136 Å². The van der Waals surface area contributed by atoms with Crippen LogP contribution in [0.15, 0.2) is 46.9 Å². The first-order chi connectivity index (χ1) is 10.0. The summed E-state index contributed by atoms with van der Waals surface area (Å²) < 4.78 is 14.8. The first-order valence-electron chi connectivity index (χ1n) is 6.42. The fraction of sp³-hybridized carbons (Fsp3) is 0.188. The van der Waals surface area contributed by atoms with E-state index in [1.165, 1.54) is 6.07 Å². The maximum Gasteiger partial charge on any atom is 0.153 e. The fourth-order valence-electron chi connectivity index (χ4n) is 2.14. The summed E-state index contributed by atoms with van der Waals surface area (Å²) in [7, 11) is 0. The van der Waals surface area contributed by atoms with Gasteiger partial charge in [0.1, 0.15) is 5.82 Å². The van der Waals surface area contributed by atoms with E-state index in [4.69, 9.17) is 11.6 Å². The third-order valence-corrected chi connectivity index (χ3v) is 4.55. The van der Waals surface area contributed by atoms with Crippen LogP contribution in [0.4, 0.5) is 10.1 Å². The lowest BCUT2D eigenvalue weighted by Crippen LogP contribution is -2.34. The molecule has 0 spiro atoms. The van der Waals surface area contributed by atoms with Crippen molar-refractivity contribution in [1.82, 2.24) is 0 Å². The smallest absolute Gasteiger partial charge is 0.153 e. The molecule has 21 heavy (non-hydrogen) atoms. The highest BCUT2D eigenvalue weighted by Gasteiger charge is 2.33. The van der Waals surface area contributed by atoms with E-state index in [1.807, 2.05) is 6.92 Å². The summed E-state index contributed by atoms with van der Waals surface area (Å²) in [6.07, 6.45) is 0.421. The minimum Gasteiger partial charge on any atom is -0.364 e. The second-order valence-corrected chi connectivity index (χ2v) is 5.87. The van der Waals surface area contributed by atoms with Gasteiger partial charge in [0.25, 0.3) is 0 Å². The molecule has 0 heterocycles. The minimum atomic E-state index is -1.13. The Hall–Kier alpha value is -1.57. The van der Waals surface area contributed by atoms with Gasteiger partial charge in [0.05, 0.1) is 11.1 Å². The Kier molecular flexibility index (Phi) is 4.87. The first kappa shape index (κ1) is 15.8. The number of hydrogen-bond acceptors (Lipinski definition) is 2. The molecule has 2 aromatic rings. The highest BCUT2D eigenvalue weighted by Crippen LogP contribution is 2.33. The van der Waals surface area contributed by atoms with Gasteiger partial charge in [-0.2, -0.15) is 5.26 Å². The maximum atomic E-state index is 14.1. The van der Waals surface area contributed by atoms with Crippen molar-refractivity contribution in [2.45, 2.75) is 18.9 Å². The summed E-state index contributed by atoms with van der Waals surface area (Å²) in [6.45, 7) is 1.84. The quantitative estimate of drug-likeness (QED) is 0.776. The molecule has 0 saturated carbocycles. The van der Waals surface area contributed by atoms with Crippen molar-refractivity contribution in [2.75, 3.05) is 5.32 Å². The van der Waals surface area contributed by atoms with Crippen LogP contribution in [-0.2, 0) is 5.54 Å². The lowest BCUT2D eigenvalue weighted by atomic mass is 9.88. The molecule has 5 heteroatoms. The average Bonchev–Trinajstić information content (AvgIpc) is 2.49. The molecular weight excluding hydrogens is 355 g/mol. The van der Waals surface area contributed by atoms with E-state index in [0.717, 1.165) is 0 Å². The summed E-state index contributed by atoms with van der Waals surface area (Å²) >= 11 is 9.30. The molecule has 0 aliphatic rings. The van der Waals surface area contributed by atoms with Gasteiger partial charge in [-0.05, 0) is 46.6 Å². The van der Waals surface area contributed by atoms with Crippen molar-refractivity contribution < 1.29 is 4.39 Å². The van der Waals surface area contributed by atoms with Crippen LogP contribution in [-0.4, -0.2) is 0 Å². The van der Waals surface area contributed by atoms with Gasteiger partial charge in [0, 0.05) is 15.7 Å². The van der Waals surface area contributed by atoms with E-state index in [1.54, 1.807) is 36.4 Å². The van der Waals surface area contributed by atoms with Crippen LogP contribution >= 0.6 is 27.5 Å². The molecule has 2 aromatic carbocycles. The molecule has 0 radical (unpaired) electrons. The predicted molar refractivity (Wildman–Crippen MR) is 86.8 cm³/mol. The van der Waals surface area contributed by atoms with Crippen LogP contribution in [0, 0.1) is 17.1 Å². The fourth-order valence-corrected chi connectivity index (χ4v) is 2.64. The van der Waals surface area contributed by atoms with E-state index in [0.29, 0.717) is 27.2 Å². The zero-order valence-corrected chi connectivity index (χ0v) is 13.7. The standard InChI is InChI=1S/C16H13BrClFN2/c1-2-16(10-20,12-5-3-4-6-15(12)19)21-11-7-8-14(18)13(17)9-11/h3-9,21H,2H2,1H3. The maximum absolute atomic E-state index is 14.1. The summed E-state index contributed by atoms with van der Waals surface area (Å²) in [5.74, 6) is -0.401. The van der Waals surface area contributed by atoms with Crippen LogP contribution in [0.3, 0.4) is 0 Å². The molecule has 1 atom stereocenters. The molecule has 0 aromatic heterocycles. The number of nitrogens with one attached hydrogen (secondary N) is 1. The first-order valence-corrected chi connectivity index (χ1v) is 7.59. The van der Waals surface area contributed by atoms with E-state index in [9.17, 15) is 9.65 Å². The Morgan fingerprint density at radius 1 is 1.33 bits per heavy atom. The summed E-state index contributed by atoms with van der Waals surface area (Å²) in [5.41, 5.74) is -0.0995. The number of hydrogen-bond donors (Lipinski definition) is 1. The van der Waals surface area contributed by atoms with Crippen LogP contribution in [0.1, 0.15) is 18.9 Å². The van der Waals surface area contributed by atoms with Gasteiger partial charge in [-0.1, -0.05) is 36.7 Å². The summed E-state index contributed by atoms with van der Waals surface area (Å²) in [4.78, 5) is 0. The molecule has 0 aliphatic carbocycles. The summed E-state index contributed by atoms with van der Waals surface area (Å²) in [5, 5.41) is 13.3. The van der Waals surface area contributed by atoms with Gasteiger partial charge in [-0.25, -0.2) is 4.39 Å². The monoisotopic (exact) mass is 366 g/mol. The third kappa shape index (κ3) is 3.20. The SMILES string of the molecule is CCC(C#N)(Nc1ccc(Cl)c(Br)c1)c1ccccc1F. The van der Waals surface area contributed by atoms with Gasteiger partial charge in [0.15, 0.2) is 5.54 Å². The highest BCUT2D eigenvalue weighted by atomic mass is 79.9. The second kappa shape index (κ2) is 6.46. The molecule has 0 aliphatic heterocycles.